The molecule has 2 N–H and O–H groups in total. The van der Waals surface area contributed by atoms with E-state index in [1.165, 1.54) is 6.92 Å². The summed E-state index contributed by atoms with van der Waals surface area (Å²) in [5.74, 6) is 0.195. The Labute approximate surface area is 162 Å². The van der Waals surface area contributed by atoms with Gasteiger partial charge < -0.3 is 15.2 Å². The first-order chi connectivity index (χ1) is 13.5. The van der Waals surface area contributed by atoms with Crippen LogP contribution >= 0.6 is 0 Å². The molecule has 2 aromatic rings. The molecule has 1 spiro atoms. The lowest BCUT2D eigenvalue weighted by molar-refractivity contribution is -0.134. The van der Waals surface area contributed by atoms with E-state index in [4.69, 9.17) is 4.98 Å². The van der Waals surface area contributed by atoms with Crippen molar-refractivity contribution in [2.24, 2.45) is 0 Å². The summed E-state index contributed by atoms with van der Waals surface area (Å²) in [7, 11) is 0. The predicted octanol–water partition coefficient (Wildman–Crippen LogP) is 0.774. The van der Waals surface area contributed by atoms with Gasteiger partial charge in [0.05, 0.1) is 12.2 Å². The van der Waals surface area contributed by atoms with Gasteiger partial charge in [0, 0.05) is 48.9 Å². The van der Waals surface area contributed by atoms with Crippen LogP contribution in [0.25, 0.3) is 11.4 Å². The molecule has 2 aromatic heterocycles. The summed E-state index contributed by atoms with van der Waals surface area (Å²) >= 11 is 0. The zero-order valence-electron chi connectivity index (χ0n) is 15.8. The molecule has 1 fully saturated rings. The number of piperidine rings is 1. The molecule has 2 aliphatic rings. The Hall–Kier alpha value is -3.03. The third-order valence-electron chi connectivity index (χ3n) is 5.72. The number of likely N-dealkylation sites (tertiary alicyclic amines) is 1. The molecular weight excluding hydrogens is 358 g/mol. The van der Waals surface area contributed by atoms with Crippen LogP contribution in [0, 0.1) is 0 Å². The first-order valence-electron chi connectivity index (χ1n) is 9.55. The van der Waals surface area contributed by atoms with Crippen LogP contribution < -0.4 is 10.9 Å². The van der Waals surface area contributed by atoms with Crippen molar-refractivity contribution in [2.75, 3.05) is 19.6 Å². The zero-order chi connectivity index (χ0) is 19.7. The topological polar surface area (TPSA) is 108 Å². The fourth-order valence-electron chi connectivity index (χ4n) is 4.34. The fourth-order valence-corrected chi connectivity index (χ4v) is 4.34. The number of carbonyl (C=O) groups excluding carboxylic acids is 2. The van der Waals surface area contributed by atoms with Gasteiger partial charge in [0.1, 0.15) is 5.82 Å². The molecule has 0 aromatic carbocycles. The number of nitrogens with one attached hydrogen (secondary N) is 2. The number of aromatic amines is 1. The van der Waals surface area contributed by atoms with E-state index in [2.05, 4.69) is 15.3 Å². The highest BCUT2D eigenvalue weighted by atomic mass is 16.2. The van der Waals surface area contributed by atoms with Gasteiger partial charge in [-0.2, -0.15) is 0 Å². The Balaban J connectivity index is 1.66. The monoisotopic (exact) mass is 381 g/mol. The number of pyridine rings is 1. The molecule has 1 aliphatic heterocycles. The normalized spacial score (nSPS) is 20.8. The summed E-state index contributed by atoms with van der Waals surface area (Å²) in [5.41, 5.74) is 1.89. The number of H-pyrrole nitrogens is 1. The molecule has 1 atom stereocenters. The van der Waals surface area contributed by atoms with E-state index in [0.29, 0.717) is 25.3 Å². The van der Waals surface area contributed by atoms with Crippen molar-refractivity contribution in [3.63, 3.8) is 0 Å². The van der Waals surface area contributed by atoms with Gasteiger partial charge in [-0.05, 0) is 37.8 Å². The highest BCUT2D eigenvalue weighted by Gasteiger charge is 2.45. The second-order valence-electron chi connectivity index (χ2n) is 7.59. The maximum atomic E-state index is 12.7. The van der Waals surface area contributed by atoms with Crippen LogP contribution in [-0.2, 0) is 21.4 Å². The second kappa shape index (κ2) is 7.18. The number of rotatable bonds is 3. The van der Waals surface area contributed by atoms with Crippen molar-refractivity contribution in [3.05, 3.63) is 46.1 Å². The molecule has 1 unspecified atom stereocenters. The van der Waals surface area contributed by atoms with E-state index < -0.39 is 0 Å². The highest BCUT2D eigenvalue weighted by molar-refractivity contribution is 5.83. The van der Waals surface area contributed by atoms with E-state index in [1.54, 1.807) is 23.4 Å². The van der Waals surface area contributed by atoms with Gasteiger partial charge in [0.25, 0.3) is 5.56 Å². The van der Waals surface area contributed by atoms with Crippen LogP contribution in [0.3, 0.4) is 0 Å². The number of fused-ring (bicyclic) bond motifs is 2. The molecule has 4 rings (SSSR count). The van der Waals surface area contributed by atoms with Gasteiger partial charge in [-0.1, -0.05) is 0 Å². The highest BCUT2D eigenvalue weighted by Crippen LogP contribution is 2.43. The Morgan fingerprint density at radius 2 is 2.21 bits per heavy atom. The SMILES string of the molecule is CC(=O)NCC(=O)N1CCCC2(CCc3c2nc(-c2cccnc2)[nH]c3=O)C1. The maximum absolute atomic E-state index is 12.7. The van der Waals surface area contributed by atoms with Crippen LogP contribution in [-0.4, -0.2) is 51.3 Å². The van der Waals surface area contributed by atoms with Crippen molar-refractivity contribution < 1.29 is 9.59 Å². The van der Waals surface area contributed by atoms with Crippen LogP contribution in [0.2, 0.25) is 0 Å². The molecule has 28 heavy (non-hydrogen) atoms. The predicted molar refractivity (Wildman–Crippen MR) is 103 cm³/mol. The molecule has 2 amide bonds. The van der Waals surface area contributed by atoms with Crippen molar-refractivity contribution in [2.45, 2.75) is 38.0 Å². The Bertz CT molecular complexity index is 972. The van der Waals surface area contributed by atoms with E-state index in [0.717, 1.165) is 36.1 Å². The number of nitrogens with zero attached hydrogens (tertiary/aromatic N) is 3. The Kier molecular flexibility index (Phi) is 4.70. The Morgan fingerprint density at radius 3 is 2.96 bits per heavy atom. The number of hydrogen-bond donors (Lipinski definition) is 2. The average Bonchev–Trinajstić information content (AvgIpc) is 3.05. The molecule has 146 valence electrons. The molecule has 0 saturated carbocycles. The minimum Gasteiger partial charge on any atom is -0.347 e. The summed E-state index contributed by atoms with van der Waals surface area (Å²) in [5, 5.41) is 2.57. The minimum absolute atomic E-state index is 0.00199. The number of carbonyl (C=O) groups is 2. The number of hydrogen-bond acceptors (Lipinski definition) is 5. The lowest BCUT2D eigenvalue weighted by atomic mass is 9.77. The van der Waals surface area contributed by atoms with Crippen LogP contribution in [0.1, 0.15) is 37.4 Å². The van der Waals surface area contributed by atoms with E-state index in [1.807, 2.05) is 6.07 Å². The summed E-state index contributed by atoms with van der Waals surface area (Å²) in [6, 6.07) is 3.67. The molecule has 1 aliphatic carbocycles. The fraction of sp³-hybridized carbons (Fsp3) is 0.450. The first kappa shape index (κ1) is 18.3. The van der Waals surface area contributed by atoms with Crippen molar-refractivity contribution in [1.29, 1.82) is 0 Å². The third-order valence-corrected chi connectivity index (χ3v) is 5.72. The number of amides is 2. The quantitative estimate of drug-likeness (QED) is 0.817. The zero-order valence-corrected chi connectivity index (χ0v) is 15.8. The third kappa shape index (κ3) is 3.30. The lowest BCUT2D eigenvalue weighted by Crippen LogP contribution is -2.50. The second-order valence-corrected chi connectivity index (χ2v) is 7.59. The van der Waals surface area contributed by atoms with Gasteiger partial charge in [0.2, 0.25) is 11.8 Å². The number of aromatic nitrogens is 3. The summed E-state index contributed by atoms with van der Waals surface area (Å²) in [6.07, 6.45) is 6.57. The Morgan fingerprint density at radius 1 is 1.36 bits per heavy atom. The minimum atomic E-state index is -0.301. The van der Waals surface area contributed by atoms with Crippen LogP contribution in [0.4, 0.5) is 0 Å². The van der Waals surface area contributed by atoms with Crippen LogP contribution in [0.5, 0.6) is 0 Å². The van der Waals surface area contributed by atoms with E-state index in [9.17, 15) is 14.4 Å². The lowest BCUT2D eigenvalue weighted by Gasteiger charge is -2.40. The average molecular weight is 381 g/mol. The van der Waals surface area contributed by atoms with Crippen LogP contribution in [0.15, 0.2) is 29.3 Å². The standard InChI is InChI=1S/C20H23N5O3/c1-13(26)22-11-16(27)25-9-3-6-20(12-25)7-5-15-17(20)23-18(24-19(15)28)14-4-2-8-21-10-14/h2,4,8,10H,3,5-7,9,11-12H2,1H3,(H,22,26)(H,23,24,28). The molecule has 3 heterocycles. The van der Waals surface area contributed by atoms with Crippen molar-refractivity contribution >= 4 is 11.8 Å². The molecular formula is C20H23N5O3. The van der Waals surface area contributed by atoms with E-state index >= 15 is 0 Å². The van der Waals surface area contributed by atoms with Crippen molar-refractivity contribution in [1.82, 2.24) is 25.2 Å². The maximum Gasteiger partial charge on any atom is 0.254 e. The summed E-state index contributed by atoms with van der Waals surface area (Å²) in [4.78, 5) is 49.9. The molecule has 8 heteroatoms. The largest absolute Gasteiger partial charge is 0.347 e. The van der Waals surface area contributed by atoms with Gasteiger partial charge in [-0.15, -0.1) is 0 Å². The van der Waals surface area contributed by atoms with Gasteiger partial charge in [-0.3, -0.25) is 19.4 Å². The van der Waals surface area contributed by atoms with E-state index in [-0.39, 0.29) is 29.3 Å². The summed E-state index contributed by atoms with van der Waals surface area (Å²) in [6.45, 7) is 2.59. The van der Waals surface area contributed by atoms with Gasteiger partial charge >= 0.3 is 0 Å². The molecule has 0 radical (unpaired) electrons. The van der Waals surface area contributed by atoms with Gasteiger partial charge in [0.15, 0.2) is 0 Å². The molecule has 8 nitrogen and oxygen atoms in total. The smallest absolute Gasteiger partial charge is 0.254 e. The molecule has 1 saturated heterocycles. The van der Waals surface area contributed by atoms with Gasteiger partial charge in [-0.25, -0.2) is 4.98 Å². The summed E-state index contributed by atoms with van der Waals surface area (Å²) < 4.78 is 0. The van der Waals surface area contributed by atoms with Crippen molar-refractivity contribution in [3.8, 4) is 11.4 Å². The first-order valence-corrected chi connectivity index (χ1v) is 9.55. The molecule has 0 bridgehead atoms.